The van der Waals surface area contributed by atoms with Crippen molar-refractivity contribution in [2.24, 2.45) is 11.7 Å². The predicted molar refractivity (Wildman–Crippen MR) is 111 cm³/mol. The molecule has 0 saturated carbocycles. The maximum Gasteiger partial charge on any atom is 0.253 e. The highest BCUT2D eigenvalue weighted by molar-refractivity contribution is 6.33. The minimum absolute atomic E-state index is 0.0890. The standard InChI is InChI=1S/C22H24ClN3O3/c23-18-11-5-4-10-17(18)22(29)25-19(15-7-2-1-3-8-15)13-20(27)26-12-6-9-16(14-26)21(24)28/h1-5,7-8,10-11,16,19H,6,9,12-14H2,(H2,24,28)(H,25,29). The number of carbonyl (C=O) groups excluding carboxylic acids is 3. The quantitative estimate of drug-likeness (QED) is 0.762. The largest absolute Gasteiger partial charge is 0.369 e. The van der Waals surface area contributed by atoms with Crippen molar-refractivity contribution in [2.75, 3.05) is 13.1 Å². The van der Waals surface area contributed by atoms with Crippen LogP contribution in [0.5, 0.6) is 0 Å². The van der Waals surface area contributed by atoms with E-state index in [0.717, 1.165) is 12.0 Å². The van der Waals surface area contributed by atoms with Crippen LogP contribution in [0.1, 0.15) is 41.2 Å². The molecule has 2 aromatic carbocycles. The monoisotopic (exact) mass is 413 g/mol. The smallest absolute Gasteiger partial charge is 0.253 e. The van der Waals surface area contributed by atoms with E-state index in [1.54, 1.807) is 29.2 Å². The van der Waals surface area contributed by atoms with Crippen LogP contribution in [-0.4, -0.2) is 35.7 Å². The normalized spacial score (nSPS) is 17.4. The second-order valence-electron chi connectivity index (χ2n) is 7.20. The molecular weight excluding hydrogens is 390 g/mol. The number of hydrogen-bond donors (Lipinski definition) is 2. The van der Waals surface area contributed by atoms with Crippen molar-refractivity contribution < 1.29 is 14.4 Å². The molecule has 0 bridgehead atoms. The van der Waals surface area contributed by atoms with Gasteiger partial charge in [-0.15, -0.1) is 0 Å². The van der Waals surface area contributed by atoms with Crippen LogP contribution in [0.4, 0.5) is 0 Å². The van der Waals surface area contributed by atoms with Crippen molar-refractivity contribution in [1.29, 1.82) is 0 Å². The summed E-state index contributed by atoms with van der Waals surface area (Å²) in [6.45, 7) is 0.913. The molecule has 3 amide bonds. The van der Waals surface area contributed by atoms with Gasteiger partial charge in [-0.1, -0.05) is 54.1 Å². The molecule has 1 fully saturated rings. The number of carbonyl (C=O) groups is 3. The molecule has 1 saturated heterocycles. The molecule has 0 aromatic heterocycles. The summed E-state index contributed by atoms with van der Waals surface area (Å²) in [5.74, 6) is -1.16. The minimum atomic E-state index is -0.513. The fraction of sp³-hybridized carbons (Fsp3) is 0.318. The average Bonchev–Trinajstić information content (AvgIpc) is 2.74. The molecule has 0 aliphatic carbocycles. The molecule has 152 valence electrons. The van der Waals surface area contributed by atoms with Crippen LogP contribution in [-0.2, 0) is 9.59 Å². The maximum atomic E-state index is 12.9. The number of amides is 3. The Morgan fingerprint density at radius 1 is 1.10 bits per heavy atom. The number of likely N-dealkylation sites (tertiary alicyclic amines) is 1. The van der Waals surface area contributed by atoms with Crippen molar-refractivity contribution in [3.8, 4) is 0 Å². The molecule has 3 rings (SSSR count). The highest BCUT2D eigenvalue weighted by Gasteiger charge is 2.29. The number of nitrogens with two attached hydrogens (primary N) is 1. The lowest BCUT2D eigenvalue weighted by Gasteiger charge is -2.32. The second kappa shape index (κ2) is 9.56. The van der Waals surface area contributed by atoms with Crippen LogP contribution >= 0.6 is 11.6 Å². The number of nitrogens with one attached hydrogen (secondary N) is 1. The zero-order valence-corrected chi connectivity index (χ0v) is 16.8. The van der Waals surface area contributed by atoms with E-state index in [0.29, 0.717) is 30.1 Å². The van der Waals surface area contributed by atoms with E-state index in [-0.39, 0.29) is 30.1 Å². The topological polar surface area (TPSA) is 92.5 Å². The van der Waals surface area contributed by atoms with E-state index in [1.165, 1.54) is 0 Å². The van der Waals surface area contributed by atoms with E-state index in [2.05, 4.69) is 5.32 Å². The van der Waals surface area contributed by atoms with Gasteiger partial charge in [0.2, 0.25) is 11.8 Å². The van der Waals surface area contributed by atoms with Gasteiger partial charge >= 0.3 is 0 Å². The van der Waals surface area contributed by atoms with Gasteiger partial charge in [0.25, 0.3) is 5.91 Å². The molecule has 6 nitrogen and oxygen atoms in total. The van der Waals surface area contributed by atoms with Crippen molar-refractivity contribution in [2.45, 2.75) is 25.3 Å². The van der Waals surface area contributed by atoms with E-state index in [9.17, 15) is 14.4 Å². The summed E-state index contributed by atoms with van der Waals surface area (Å²) in [6.07, 6.45) is 1.53. The maximum absolute atomic E-state index is 12.9. The van der Waals surface area contributed by atoms with Crippen LogP contribution in [0.2, 0.25) is 5.02 Å². The second-order valence-corrected chi connectivity index (χ2v) is 7.61. The van der Waals surface area contributed by atoms with Crippen molar-refractivity contribution in [3.63, 3.8) is 0 Å². The first kappa shape index (κ1) is 20.9. The summed E-state index contributed by atoms with van der Waals surface area (Å²) >= 11 is 6.14. The molecule has 29 heavy (non-hydrogen) atoms. The van der Waals surface area contributed by atoms with Crippen LogP contribution < -0.4 is 11.1 Å². The van der Waals surface area contributed by atoms with E-state index < -0.39 is 6.04 Å². The van der Waals surface area contributed by atoms with Gasteiger partial charge in [0.05, 0.1) is 29.0 Å². The van der Waals surface area contributed by atoms with Crippen molar-refractivity contribution in [3.05, 3.63) is 70.7 Å². The Hall–Kier alpha value is -2.86. The van der Waals surface area contributed by atoms with Gasteiger partial charge in [0.1, 0.15) is 0 Å². The third kappa shape index (κ3) is 5.35. The minimum Gasteiger partial charge on any atom is -0.369 e. The summed E-state index contributed by atoms with van der Waals surface area (Å²) in [5, 5.41) is 3.28. The van der Waals surface area contributed by atoms with E-state index >= 15 is 0 Å². The lowest BCUT2D eigenvalue weighted by atomic mass is 9.96. The van der Waals surface area contributed by atoms with Gasteiger partial charge in [-0.05, 0) is 30.5 Å². The average molecular weight is 414 g/mol. The van der Waals surface area contributed by atoms with E-state index in [4.69, 9.17) is 17.3 Å². The first-order valence-electron chi connectivity index (χ1n) is 9.63. The summed E-state index contributed by atoms with van der Waals surface area (Å²) in [4.78, 5) is 38.9. The number of nitrogens with zero attached hydrogens (tertiary/aromatic N) is 1. The molecule has 1 aliphatic rings. The highest BCUT2D eigenvalue weighted by Crippen LogP contribution is 2.23. The first-order valence-corrected chi connectivity index (χ1v) is 10.0. The molecule has 3 N–H and O–H groups in total. The van der Waals surface area contributed by atoms with Gasteiger partial charge in [-0.25, -0.2) is 0 Å². The number of piperidine rings is 1. The van der Waals surface area contributed by atoms with Gasteiger partial charge < -0.3 is 16.0 Å². The lowest BCUT2D eigenvalue weighted by Crippen LogP contribution is -2.45. The lowest BCUT2D eigenvalue weighted by molar-refractivity contribution is -0.135. The molecule has 1 heterocycles. The van der Waals surface area contributed by atoms with Crippen LogP contribution in [0.25, 0.3) is 0 Å². The Morgan fingerprint density at radius 2 is 1.79 bits per heavy atom. The Bertz CT molecular complexity index is 888. The molecule has 2 unspecified atom stereocenters. The number of primary amides is 1. The summed E-state index contributed by atoms with van der Waals surface area (Å²) in [7, 11) is 0. The predicted octanol–water partition coefficient (Wildman–Crippen LogP) is 2.93. The van der Waals surface area contributed by atoms with Gasteiger partial charge in [0.15, 0.2) is 0 Å². The molecule has 7 heteroatoms. The van der Waals surface area contributed by atoms with Crippen molar-refractivity contribution in [1.82, 2.24) is 10.2 Å². The first-order chi connectivity index (χ1) is 14.0. The van der Waals surface area contributed by atoms with Gasteiger partial charge in [-0.2, -0.15) is 0 Å². The SMILES string of the molecule is NC(=O)C1CCCN(C(=O)CC(NC(=O)c2ccccc2Cl)c2ccccc2)C1. The summed E-state index contributed by atoms with van der Waals surface area (Å²) < 4.78 is 0. The van der Waals surface area contributed by atoms with Crippen LogP contribution in [0, 0.1) is 5.92 Å². The number of hydrogen-bond acceptors (Lipinski definition) is 3. The zero-order valence-electron chi connectivity index (χ0n) is 16.0. The Balaban J connectivity index is 1.76. The van der Waals surface area contributed by atoms with E-state index in [1.807, 2.05) is 30.3 Å². The molecule has 2 aromatic rings. The zero-order chi connectivity index (χ0) is 20.8. The molecule has 0 radical (unpaired) electrons. The number of benzene rings is 2. The Labute approximate surface area is 175 Å². The number of halogens is 1. The summed E-state index contributed by atoms with van der Waals surface area (Å²) in [5.41, 5.74) is 6.60. The molecule has 0 spiro atoms. The van der Waals surface area contributed by atoms with Gasteiger partial charge in [-0.3, -0.25) is 14.4 Å². The molecule has 2 atom stereocenters. The summed E-state index contributed by atoms with van der Waals surface area (Å²) in [6, 6.07) is 15.6. The van der Waals surface area contributed by atoms with Gasteiger partial charge in [0, 0.05) is 13.1 Å². The van der Waals surface area contributed by atoms with Crippen LogP contribution in [0.15, 0.2) is 54.6 Å². The fourth-order valence-electron chi connectivity index (χ4n) is 3.56. The number of rotatable bonds is 6. The molecule has 1 aliphatic heterocycles. The third-order valence-electron chi connectivity index (χ3n) is 5.18. The Kier molecular flexibility index (Phi) is 6.88. The Morgan fingerprint density at radius 3 is 2.48 bits per heavy atom. The molecular formula is C22H24ClN3O3. The fourth-order valence-corrected chi connectivity index (χ4v) is 3.78. The third-order valence-corrected chi connectivity index (χ3v) is 5.51. The highest BCUT2D eigenvalue weighted by atomic mass is 35.5. The van der Waals surface area contributed by atoms with Crippen LogP contribution in [0.3, 0.4) is 0 Å². The van der Waals surface area contributed by atoms with Crippen molar-refractivity contribution >= 4 is 29.3 Å².